The van der Waals surface area contributed by atoms with Gasteiger partial charge in [-0.15, -0.1) is 0 Å². The minimum atomic E-state index is -3.81. The van der Waals surface area contributed by atoms with E-state index in [1.807, 2.05) is 31.2 Å². The number of likely N-dealkylation sites (tertiary alicyclic amines) is 1. The molecule has 0 unspecified atom stereocenters. The zero-order valence-corrected chi connectivity index (χ0v) is 20.0. The zero-order valence-electron chi connectivity index (χ0n) is 19.2. The van der Waals surface area contributed by atoms with Crippen molar-refractivity contribution in [2.45, 2.75) is 44.4 Å². The van der Waals surface area contributed by atoms with Crippen LogP contribution in [0.1, 0.15) is 48.7 Å². The molecule has 2 aliphatic rings. The topological polar surface area (TPSA) is 103 Å². The van der Waals surface area contributed by atoms with Crippen molar-refractivity contribution < 1.29 is 18.0 Å². The molecule has 2 N–H and O–H groups in total. The lowest BCUT2D eigenvalue weighted by atomic mass is 9.98. The molecule has 2 fully saturated rings. The first-order valence-corrected chi connectivity index (χ1v) is 13.0. The van der Waals surface area contributed by atoms with Crippen LogP contribution in [0.15, 0.2) is 41.4 Å². The molecule has 2 aromatic rings. The number of hydrogen-bond donors (Lipinski definition) is 2. The molecule has 2 saturated heterocycles. The summed E-state index contributed by atoms with van der Waals surface area (Å²) in [5, 5.41) is 2.91. The molecule has 178 valence electrons. The van der Waals surface area contributed by atoms with Crippen LogP contribution < -0.4 is 5.32 Å². The molecule has 0 aliphatic carbocycles. The molecule has 9 heteroatoms. The quantitative estimate of drug-likeness (QED) is 0.697. The van der Waals surface area contributed by atoms with E-state index in [9.17, 15) is 18.0 Å². The molecule has 4 rings (SSSR count). The smallest absolute Gasteiger partial charge is 0.270 e. The van der Waals surface area contributed by atoms with Gasteiger partial charge >= 0.3 is 0 Å². The summed E-state index contributed by atoms with van der Waals surface area (Å²) >= 11 is 0. The molecule has 2 amide bonds. The number of benzene rings is 1. The van der Waals surface area contributed by atoms with Crippen molar-refractivity contribution in [3.05, 3.63) is 47.8 Å². The number of carbonyl (C=O) groups is 2. The number of hydrogen-bond acceptors (Lipinski definition) is 4. The minimum absolute atomic E-state index is 0.0657. The van der Waals surface area contributed by atoms with Gasteiger partial charge in [-0.3, -0.25) is 9.59 Å². The summed E-state index contributed by atoms with van der Waals surface area (Å²) in [4.78, 5) is 30.3. The number of anilines is 1. The Hall–Kier alpha value is -2.65. The molecule has 1 atom stereocenters. The average Bonchev–Trinajstić information content (AvgIpc) is 3.30. The third-order valence-corrected chi connectivity index (χ3v) is 8.48. The summed E-state index contributed by atoms with van der Waals surface area (Å²) < 4.78 is 27.9. The Bertz CT molecular complexity index is 1120. The van der Waals surface area contributed by atoms with E-state index in [1.165, 1.54) is 16.6 Å². The molecule has 0 bridgehead atoms. The lowest BCUT2D eigenvalue weighted by Gasteiger charge is -2.31. The summed E-state index contributed by atoms with van der Waals surface area (Å²) in [5.41, 5.74) is 2.03. The third kappa shape index (κ3) is 5.30. The molecule has 0 radical (unpaired) electrons. The third-order valence-electron chi connectivity index (χ3n) is 6.64. The summed E-state index contributed by atoms with van der Waals surface area (Å²) in [5.74, 6) is -0.171. The highest BCUT2D eigenvalue weighted by molar-refractivity contribution is 7.89. The maximum atomic E-state index is 13.3. The second-order valence-electron chi connectivity index (χ2n) is 9.28. The second kappa shape index (κ2) is 9.69. The van der Waals surface area contributed by atoms with Crippen LogP contribution >= 0.6 is 0 Å². The zero-order chi connectivity index (χ0) is 23.6. The van der Waals surface area contributed by atoms with E-state index in [4.69, 9.17) is 0 Å². The van der Waals surface area contributed by atoms with Crippen molar-refractivity contribution in [2.24, 2.45) is 11.8 Å². The van der Waals surface area contributed by atoms with Gasteiger partial charge in [0.2, 0.25) is 15.9 Å². The SMILES string of the molecule is Cc1cccc(NC(=O)[C@@H]2CCCN(S(=O)(=O)c3c[nH]c(C(=O)N4CCC(C)CC4)c3)C2)c1. The van der Waals surface area contributed by atoms with Crippen LogP contribution in [0.25, 0.3) is 0 Å². The molecular weight excluding hydrogens is 440 g/mol. The lowest BCUT2D eigenvalue weighted by molar-refractivity contribution is -0.120. The van der Waals surface area contributed by atoms with Crippen LogP contribution in [0.5, 0.6) is 0 Å². The van der Waals surface area contributed by atoms with Gasteiger partial charge in [0, 0.05) is 38.1 Å². The molecule has 1 aromatic carbocycles. The highest BCUT2D eigenvalue weighted by atomic mass is 32.2. The number of sulfonamides is 1. The Morgan fingerprint density at radius 1 is 1.09 bits per heavy atom. The molecule has 0 saturated carbocycles. The molecule has 0 spiro atoms. The largest absolute Gasteiger partial charge is 0.356 e. The Labute approximate surface area is 195 Å². The maximum Gasteiger partial charge on any atom is 0.270 e. The average molecular weight is 473 g/mol. The van der Waals surface area contributed by atoms with Crippen molar-refractivity contribution in [2.75, 3.05) is 31.5 Å². The van der Waals surface area contributed by atoms with E-state index >= 15 is 0 Å². The number of aryl methyl sites for hydroxylation is 1. The Morgan fingerprint density at radius 2 is 1.85 bits per heavy atom. The van der Waals surface area contributed by atoms with E-state index in [1.54, 1.807) is 4.90 Å². The minimum Gasteiger partial charge on any atom is -0.356 e. The summed E-state index contributed by atoms with van der Waals surface area (Å²) in [6, 6.07) is 8.95. The van der Waals surface area contributed by atoms with E-state index in [0.29, 0.717) is 44.1 Å². The van der Waals surface area contributed by atoms with Crippen molar-refractivity contribution in [3.8, 4) is 0 Å². The first-order valence-electron chi connectivity index (χ1n) is 11.6. The lowest BCUT2D eigenvalue weighted by Crippen LogP contribution is -2.43. The molecule has 2 aliphatic heterocycles. The predicted octanol–water partition coefficient (Wildman–Crippen LogP) is 3.23. The van der Waals surface area contributed by atoms with Gasteiger partial charge in [0.25, 0.3) is 5.91 Å². The molecule has 1 aromatic heterocycles. The summed E-state index contributed by atoms with van der Waals surface area (Å²) in [6.07, 6.45) is 4.53. The van der Waals surface area contributed by atoms with Crippen LogP contribution in [-0.2, 0) is 14.8 Å². The summed E-state index contributed by atoms with van der Waals surface area (Å²) in [7, 11) is -3.81. The van der Waals surface area contributed by atoms with Crippen molar-refractivity contribution in [1.82, 2.24) is 14.2 Å². The van der Waals surface area contributed by atoms with Gasteiger partial charge in [0.1, 0.15) is 10.6 Å². The number of nitrogens with zero attached hydrogens (tertiary/aromatic N) is 2. The highest BCUT2D eigenvalue weighted by Gasteiger charge is 2.34. The fourth-order valence-electron chi connectivity index (χ4n) is 4.52. The standard InChI is InChI=1S/C24H32N4O4S/c1-17-8-11-27(12-9-17)24(30)22-14-21(15-25-22)33(31,32)28-10-4-6-19(16-28)23(29)26-20-7-3-5-18(2)13-20/h3,5,7,13-15,17,19,25H,4,6,8-12,16H2,1-2H3,(H,26,29)/t19-/m1/s1. The van der Waals surface area contributed by atoms with Gasteiger partial charge in [-0.05, 0) is 62.3 Å². The van der Waals surface area contributed by atoms with Crippen LogP contribution in [-0.4, -0.2) is 60.6 Å². The number of amides is 2. The second-order valence-corrected chi connectivity index (χ2v) is 11.2. The Balaban J connectivity index is 1.43. The van der Waals surface area contributed by atoms with Crippen LogP contribution in [0.2, 0.25) is 0 Å². The number of carbonyl (C=O) groups excluding carboxylic acids is 2. The normalized spacial score (nSPS) is 20.5. The molecular formula is C24H32N4O4S. The van der Waals surface area contributed by atoms with Crippen LogP contribution in [0.4, 0.5) is 5.69 Å². The number of aromatic amines is 1. The van der Waals surface area contributed by atoms with Crippen molar-refractivity contribution in [3.63, 3.8) is 0 Å². The summed E-state index contributed by atoms with van der Waals surface area (Å²) in [6.45, 7) is 5.98. The fraction of sp³-hybridized carbons (Fsp3) is 0.500. The first-order chi connectivity index (χ1) is 15.7. The van der Waals surface area contributed by atoms with E-state index in [0.717, 1.165) is 18.4 Å². The predicted molar refractivity (Wildman–Crippen MR) is 126 cm³/mol. The van der Waals surface area contributed by atoms with Crippen molar-refractivity contribution >= 4 is 27.5 Å². The van der Waals surface area contributed by atoms with Gasteiger partial charge in [-0.1, -0.05) is 19.1 Å². The first kappa shape index (κ1) is 23.5. The maximum absolute atomic E-state index is 13.3. The van der Waals surface area contributed by atoms with Gasteiger partial charge in [0.05, 0.1) is 5.92 Å². The van der Waals surface area contributed by atoms with E-state index < -0.39 is 15.9 Å². The van der Waals surface area contributed by atoms with Gasteiger partial charge < -0.3 is 15.2 Å². The number of rotatable bonds is 5. The molecule has 3 heterocycles. The molecule has 8 nitrogen and oxygen atoms in total. The van der Waals surface area contributed by atoms with Gasteiger partial charge in [-0.2, -0.15) is 4.31 Å². The molecule has 33 heavy (non-hydrogen) atoms. The fourth-order valence-corrected chi connectivity index (χ4v) is 6.04. The van der Waals surface area contributed by atoms with Gasteiger partial charge in [-0.25, -0.2) is 8.42 Å². The van der Waals surface area contributed by atoms with E-state index in [-0.39, 0.29) is 28.9 Å². The number of piperidine rings is 2. The number of nitrogens with one attached hydrogen (secondary N) is 2. The number of H-pyrrole nitrogens is 1. The highest BCUT2D eigenvalue weighted by Crippen LogP contribution is 2.26. The Morgan fingerprint density at radius 3 is 2.58 bits per heavy atom. The monoisotopic (exact) mass is 472 g/mol. The van der Waals surface area contributed by atoms with E-state index in [2.05, 4.69) is 17.2 Å². The van der Waals surface area contributed by atoms with Gasteiger partial charge in [0.15, 0.2) is 0 Å². The van der Waals surface area contributed by atoms with Crippen LogP contribution in [0, 0.1) is 18.8 Å². The van der Waals surface area contributed by atoms with Crippen molar-refractivity contribution in [1.29, 1.82) is 0 Å². The number of aromatic nitrogens is 1. The Kier molecular flexibility index (Phi) is 6.90. The van der Waals surface area contributed by atoms with Crippen LogP contribution in [0.3, 0.4) is 0 Å².